The normalized spacial score (nSPS) is 10.4. The van der Waals surface area contributed by atoms with E-state index in [2.05, 4.69) is 15.4 Å². The van der Waals surface area contributed by atoms with E-state index in [-0.39, 0.29) is 5.95 Å². The van der Waals surface area contributed by atoms with Crippen LogP contribution in [0.5, 0.6) is 5.75 Å². The summed E-state index contributed by atoms with van der Waals surface area (Å²) in [6.07, 6.45) is 0. The number of anilines is 2. The van der Waals surface area contributed by atoms with Gasteiger partial charge in [0.15, 0.2) is 0 Å². The molecule has 3 rings (SSSR count). The van der Waals surface area contributed by atoms with E-state index in [1.54, 1.807) is 11.8 Å². The van der Waals surface area contributed by atoms with Crippen molar-refractivity contribution in [1.29, 1.82) is 0 Å². The van der Waals surface area contributed by atoms with E-state index >= 15 is 0 Å². The molecule has 3 aromatic rings. The summed E-state index contributed by atoms with van der Waals surface area (Å²) in [5.74, 6) is 1.65. The average molecular weight is 295 g/mol. The minimum atomic E-state index is 0.228. The largest absolute Gasteiger partial charge is 0.496 e. The van der Waals surface area contributed by atoms with Crippen LogP contribution in [0.25, 0.3) is 5.69 Å². The van der Waals surface area contributed by atoms with Crippen LogP contribution in [-0.2, 0) is 6.54 Å². The van der Waals surface area contributed by atoms with E-state index in [1.807, 2.05) is 54.6 Å². The molecule has 112 valence electrons. The van der Waals surface area contributed by atoms with Gasteiger partial charge in [-0.25, -0.2) is 0 Å². The van der Waals surface area contributed by atoms with Crippen LogP contribution >= 0.6 is 0 Å². The summed E-state index contributed by atoms with van der Waals surface area (Å²) in [7, 11) is 1.66. The Hall–Kier alpha value is -3.02. The Kier molecular flexibility index (Phi) is 3.91. The maximum atomic E-state index is 5.73. The van der Waals surface area contributed by atoms with Crippen LogP contribution in [0.4, 0.5) is 11.9 Å². The number of hydrogen-bond donors (Lipinski definition) is 2. The van der Waals surface area contributed by atoms with Crippen molar-refractivity contribution in [1.82, 2.24) is 14.8 Å². The number of rotatable bonds is 5. The minimum absolute atomic E-state index is 0.228. The smallest absolute Gasteiger partial charge is 0.241 e. The predicted molar refractivity (Wildman–Crippen MR) is 86.1 cm³/mol. The lowest BCUT2D eigenvalue weighted by Crippen LogP contribution is -2.08. The molecule has 0 fully saturated rings. The van der Waals surface area contributed by atoms with Crippen molar-refractivity contribution < 1.29 is 4.74 Å². The van der Waals surface area contributed by atoms with Crippen molar-refractivity contribution in [2.45, 2.75) is 6.54 Å². The molecule has 0 spiro atoms. The molecular weight excluding hydrogens is 278 g/mol. The first-order valence-corrected chi connectivity index (χ1v) is 6.91. The number of ether oxygens (including phenoxy) is 1. The molecule has 1 heterocycles. The number of nitrogens with two attached hydrogens (primary N) is 1. The van der Waals surface area contributed by atoms with Crippen LogP contribution in [0.2, 0.25) is 0 Å². The Morgan fingerprint density at radius 1 is 1.09 bits per heavy atom. The van der Waals surface area contributed by atoms with E-state index in [1.165, 1.54) is 0 Å². The van der Waals surface area contributed by atoms with Gasteiger partial charge in [-0.1, -0.05) is 36.4 Å². The standard InChI is InChI=1S/C16H17N5O/c1-22-14-10-6-5-7-12(14)11-18-16-19-15(17)20-21(16)13-8-3-2-4-9-13/h2-10H,11H2,1H3,(H3,17,18,19,20). The van der Waals surface area contributed by atoms with E-state index in [0.717, 1.165) is 17.0 Å². The second kappa shape index (κ2) is 6.17. The molecule has 3 N–H and O–H groups in total. The van der Waals surface area contributed by atoms with Crippen molar-refractivity contribution in [3.8, 4) is 11.4 Å². The van der Waals surface area contributed by atoms with Crippen molar-refractivity contribution in [3.63, 3.8) is 0 Å². The van der Waals surface area contributed by atoms with E-state index < -0.39 is 0 Å². The first kappa shape index (κ1) is 13.9. The molecule has 6 heteroatoms. The SMILES string of the molecule is COc1ccccc1CNc1nc(N)nn1-c1ccccc1. The summed E-state index contributed by atoms with van der Waals surface area (Å²) in [5, 5.41) is 7.48. The average Bonchev–Trinajstić information content (AvgIpc) is 2.95. The zero-order valence-corrected chi connectivity index (χ0v) is 12.2. The number of nitrogens with one attached hydrogen (secondary N) is 1. The quantitative estimate of drug-likeness (QED) is 0.756. The second-order valence-electron chi connectivity index (χ2n) is 4.71. The molecule has 0 saturated heterocycles. The summed E-state index contributed by atoms with van der Waals surface area (Å²) < 4.78 is 7.03. The lowest BCUT2D eigenvalue weighted by Gasteiger charge is -2.10. The van der Waals surface area contributed by atoms with Crippen molar-refractivity contribution in [3.05, 3.63) is 60.2 Å². The number of aromatic nitrogens is 3. The number of methoxy groups -OCH3 is 1. The second-order valence-corrected chi connectivity index (χ2v) is 4.71. The lowest BCUT2D eigenvalue weighted by molar-refractivity contribution is 0.410. The van der Waals surface area contributed by atoms with Gasteiger partial charge in [0.25, 0.3) is 0 Å². The number of benzene rings is 2. The van der Waals surface area contributed by atoms with Gasteiger partial charge < -0.3 is 15.8 Å². The highest BCUT2D eigenvalue weighted by atomic mass is 16.5. The highest BCUT2D eigenvalue weighted by molar-refractivity contribution is 5.44. The van der Waals surface area contributed by atoms with E-state index in [4.69, 9.17) is 10.5 Å². The summed E-state index contributed by atoms with van der Waals surface area (Å²) in [6.45, 7) is 0.564. The molecule has 2 aromatic carbocycles. The summed E-state index contributed by atoms with van der Waals surface area (Å²) >= 11 is 0. The first-order chi connectivity index (χ1) is 10.8. The van der Waals surface area contributed by atoms with Crippen molar-refractivity contribution in [2.24, 2.45) is 0 Å². The fourth-order valence-electron chi connectivity index (χ4n) is 2.21. The van der Waals surface area contributed by atoms with Gasteiger partial charge in [-0.15, -0.1) is 5.10 Å². The van der Waals surface area contributed by atoms with Crippen molar-refractivity contribution >= 4 is 11.9 Å². The molecule has 0 aliphatic carbocycles. The highest BCUT2D eigenvalue weighted by Gasteiger charge is 2.10. The third kappa shape index (κ3) is 2.85. The predicted octanol–water partition coefficient (Wildman–Crippen LogP) is 2.47. The van der Waals surface area contributed by atoms with Crippen molar-refractivity contribution in [2.75, 3.05) is 18.2 Å². The van der Waals surface area contributed by atoms with Gasteiger partial charge in [0, 0.05) is 12.1 Å². The molecule has 0 amide bonds. The Bertz CT molecular complexity index is 754. The van der Waals surface area contributed by atoms with Crippen LogP contribution in [0.1, 0.15) is 5.56 Å². The van der Waals surface area contributed by atoms with Crippen LogP contribution in [-0.4, -0.2) is 21.9 Å². The molecule has 0 unspecified atom stereocenters. The Morgan fingerprint density at radius 2 is 1.82 bits per heavy atom. The number of para-hydroxylation sites is 2. The zero-order valence-electron chi connectivity index (χ0n) is 12.2. The third-order valence-corrected chi connectivity index (χ3v) is 3.25. The monoisotopic (exact) mass is 295 g/mol. The van der Waals surface area contributed by atoms with Crippen LogP contribution in [0, 0.1) is 0 Å². The van der Waals surface area contributed by atoms with Gasteiger partial charge in [-0.3, -0.25) is 0 Å². The molecule has 0 aliphatic rings. The third-order valence-electron chi connectivity index (χ3n) is 3.25. The maximum Gasteiger partial charge on any atom is 0.241 e. The van der Waals surface area contributed by atoms with Crippen LogP contribution in [0.3, 0.4) is 0 Å². The van der Waals surface area contributed by atoms with Gasteiger partial charge in [-0.05, 0) is 18.2 Å². The Balaban J connectivity index is 1.84. The van der Waals surface area contributed by atoms with Crippen LogP contribution in [0.15, 0.2) is 54.6 Å². The zero-order chi connectivity index (χ0) is 15.4. The molecule has 0 saturated carbocycles. The Labute approximate surface area is 128 Å². The van der Waals surface area contributed by atoms with Gasteiger partial charge in [0.05, 0.1) is 12.8 Å². The maximum absolute atomic E-state index is 5.73. The van der Waals surface area contributed by atoms with E-state index in [9.17, 15) is 0 Å². The lowest BCUT2D eigenvalue weighted by atomic mass is 10.2. The molecule has 6 nitrogen and oxygen atoms in total. The Morgan fingerprint density at radius 3 is 2.59 bits per heavy atom. The fourth-order valence-corrected chi connectivity index (χ4v) is 2.21. The molecule has 0 radical (unpaired) electrons. The summed E-state index contributed by atoms with van der Waals surface area (Å²) in [4.78, 5) is 4.24. The molecular formula is C16H17N5O. The molecule has 22 heavy (non-hydrogen) atoms. The number of nitrogen functional groups attached to an aromatic ring is 1. The number of nitrogens with zero attached hydrogens (tertiary/aromatic N) is 3. The topological polar surface area (TPSA) is 78.0 Å². The fraction of sp³-hybridized carbons (Fsp3) is 0.125. The van der Waals surface area contributed by atoms with Crippen LogP contribution < -0.4 is 15.8 Å². The molecule has 1 aromatic heterocycles. The molecule has 0 atom stereocenters. The van der Waals surface area contributed by atoms with Gasteiger partial charge in [0.2, 0.25) is 11.9 Å². The first-order valence-electron chi connectivity index (χ1n) is 6.91. The summed E-state index contributed by atoms with van der Waals surface area (Å²) in [5.41, 5.74) is 7.66. The number of hydrogen-bond acceptors (Lipinski definition) is 5. The van der Waals surface area contributed by atoms with Gasteiger partial charge in [-0.2, -0.15) is 9.67 Å². The highest BCUT2D eigenvalue weighted by Crippen LogP contribution is 2.20. The van der Waals surface area contributed by atoms with Gasteiger partial charge >= 0.3 is 0 Å². The van der Waals surface area contributed by atoms with E-state index in [0.29, 0.717) is 12.5 Å². The molecule has 0 bridgehead atoms. The molecule has 0 aliphatic heterocycles. The summed E-state index contributed by atoms with van der Waals surface area (Å²) in [6, 6.07) is 17.6. The minimum Gasteiger partial charge on any atom is -0.496 e. The van der Waals surface area contributed by atoms with Gasteiger partial charge in [0.1, 0.15) is 5.75 Å².